The van der Waals surface area contributed by atoms with Gasteiger partial charge in [0.15, 0.2) is 5.75 Å². The Hall–Kier alpha value is -0.600. The summed E-state index contributed by atoms with van der Waals surface area (Å²) in [7, 11) is 0. The average Bonchev–Trinajstić information content (AvgIpc) is 2.85. The molecule has 0 spiro atoms. The molecule has 76 valence electrons. The van der Waals surface area contributed by atoms with Crippen LogP contribution in [0.15, 0.2) is 12.1 Å². The predicted octanol–water partition coefficient (Wildman–Crippen LogP) is 3.49. The van der Waals surface area contributed by atoms with Crippen LogP contribution in [0.3, 0.4) is 0 Å². The number of benzene rings is 1. The van der Waals surface area contributed by atoms with E-state index in [4.69, 9.17) is 27.9 Å². The van der Waals surface area contributed by atoms with Gasteiger partial charge in [0, 0.05) is 12.1 Å². The van der Waals surface area contributed by atoms with Crippen molar-refractivity contribution in [3.05, 3.63) is 22.2 Å². The molecule has 1 aromatic carbocycles. The largest absolute Gasteiger partial charge is 0.508 e. The smallest absolute Gasteiger partial charge is 0.156 e. The van der Waals surface area contributed by atoms with Crippen molar-refractivity contribution < 1.29 is 9.84 Å². The summed E-state index contributed by atoms with van der Waals surface area (Å²) in [5.41, 5.74) is 0. The minimum absolute atomic E-state index is 0.0544. The normalized spacial score (nSPS) is 15.6. The van der Waals surface area contributed by atoms with E-state index in [1.807, 2.05) is 0 Å². The molecule has 0 unspecified atom stereocenters. The molecule has 0 amide bonds. The first-order chi connectivity index (χ1) is 6.66. The van der Waals surface area contributed by atoms with Crippen molar-refractivity contribution in [1.29, 1.82) is 0 Å². The van der Waals surface area contributed by atoms with Crippen LogP contribution < -0.4 is 4.74 Å². The van der Waals surface area contributed by atoms with Gasteiger partial charge in [-0.3, -0.25) is 0 Å². The average molecular weight is 233 g/mol. The van der Waals surface area contributed by atoms with Crippen molar-refractivity contribution in [3.8, 4) is 11.5 Å². The molecule has 0 heterocycles. The Bertz CT molecular complexity index is 325. The summed E-state index contributed by atoms with van der Waals surface area (Å²) in [6.07, 6.45) is 2.43. The van der Waals surface area contributed by atoms with Gasteiger partial charge >= 0.3 is 0 Å². The molecule has 0 radical (unpaired) electrons. The zero-order chi connectivity index (χ0) is 10.1. The summed E-state index contributed by atoms with van der Waals surface area (Å²) in [5.74, 6) is 1.17. The first kappa shape index (κ1) is 9.94. The van der Waals surface area contributed by atoms with Gasteiger partial charge in [-0.1, -0.05) is 23.2 Å². The quantitative estimate of drug-likeness (QED) is 0.865. The van der Waals surface area contributed by atoms with Crippen LogP contribution in [0.2, 0.25) is 10.0 Å². The molecule has 0 bridgehead atoms. The summed E-state index contributed by atoms with van der Waals surface area (Å²) < 4.78 is 5.47. The van der Waals surface area contributed by atoms with Crippen LogP contribution in [0.5, 0.6) is 11.5 Å². The predicted molar refractivity (Wildman–Crippen MR) is 56.3 cm³/mol. The number of aromatic hydroxyl groups is 1. The summed E-state index contributed by atoms with van der Waals surface area (Å²) >= 11 is 11.7. The van der Waals surface area contributed by atoms with Crippen molar-refractivity contribution in [2.75, 3.05) is 6.61 Å². The number of hydrogen-bond acceptors (Lipinski definition) is 2. The Morgan fingerprint density at radius 1 is 1.29 bits per heavy atom. The highest BCUT2D eigenvalue weighted by Crippen LogP contribution is 2.38. The van der Waals surface area contributed by atoms with E-state index in [0.29, 0.717) is 28.3 Å². The van der Waals surface area contributed by atoms with Crippen molar-refractivity contribution in [3.63, 3.8) is 0 Å². The first-order valence-corrected chi connectivity index (χ1v) is 5.23. The molecule has 1 N–H and O–H groups in total. The fraction of sp³-hybridized carbons (Fsp3) is 0.400. The van der Waals surface area contributed by atoms with E-state index in [0.717, 1.165) is 0 Å². The monoisotopic (exact) mass is 232 g/mol. The van der Waals surface area contributed by atoms with Gasteiger partial charge in [-0.2, -0.15) is 0 Å². The minimum Gasteiger partial charge on any atom is -0.508 e. The van der Waals surface area contributed by atoms with Gasteiger partial charge < -0.3 is 9.84 Å². The molecule has 1 aliphatic carbocycles. The van der Waals surface area contributed by atoms with Gasteiger partial charge in [0.1, 0.15) is 5.75 Å². The van der Waals surface area contributed by atoms with E-state index < -0.39 is 0 Å². The van der Waals surface area contributed by atoms with Gasteiger partial charge in [0.2, 0.25) is 0 Å². The van der Waals surface area contributed by atoms with Gasteiger partial charge in [0.05, 0.1) is 16.7 Å². The second-order valence-electron chi connectivity index (χ2n) is 3.49. The lowest BCUT2D eigenvalue weighted by Gasteiger charge is -2.09. The van der Waals surface area contributed by atoms with Crippen LogP contribution in [-0.2, 0) is 0 Å². The molecule has 2 nitrogen and oxygen atoms in total. The highest BCUT2D eigenvalue weighted by atomic mass is 35.5. The number of phenolic OH excluding ortho intramolecular Hbond substituents is 1. The summed E-state index contributed by atoms with van der Waals surface area (Å²) in [4.78, 5) is 0. The lowest BCUT2D eigenvalue weighted by Crippen LogP contribution is -1.99. The number of hydrogen-bond donors (Lipinski definition) is 1. The third-order valence-corrected chi connectivity index (χ3v) is 2.70. The van der Waals surface area contributed by atoms with Crippen molar-refractivity contribution in [2.24, 2.45) is 5.92 Å². The maximum absolute atomic E-state index is 9.18. The summed E-state index contributed by atoms with van der Waals surface area (Å²) in [6, 6.07) is 2.85. The van der Waals surface area contributed by atoms with E-state index in [-0.39, 0.29) is 5.75 Å². The Morgan fingerprint density at radius 3 is 2.36 bits per heavy atom. The topological polar surface area (TPSA) is 29.5 Å². The van der Waals surface area contributed by atoms with Crippen LogP contribution in [0.1, 0.15) is 12.8 Å². The third-order valence-electron chi connectivity index (χ3n) is 2.14. The molecule has 1 aliphatic rings. The van der Waals surface area contributed by atoms with Crippen LogP contribution in [0.4, 0.5) is 0 Å². The molecular formula is C10H10Cl2O2. The molecule has 0 atom stereocenters. The number of ether oxygens (including phenoxy) is 1. The second kappa shape index (κ2) is 3.87. The van der Waals surface area contributed by atoms with Gasteiger partial charge in [-0.25, -0.2) is 0 Å². The molecule has 1 fully saturated rings. The molecule has 0 aromatic heterocycles. The van der Waals surface area contributed by atoms with Gasteiger partial charge in [0.25, 0.3) is 0 Å². The van der Waals surface area contributed by atoms with Crippen LogP contribution in [0, 0.1) is 5.92 Å². The van der Waals surface area contributed by atoms with Gasteiger partial charge in [-0.15, -0.1) is 0 Å². The molecule has 1 aromatic rings. The van der Waals surface area contributed by atoms with E-state index in [1.165, 1.54) is 25.0 Å². The third kappa shape index (κ3) is 2.25. The first-order valence-electron chi connectivity index (χ1n) is 4.47. The maximum Gasteiger partial charge on any atom is 0.156 e. The van der Waals surface area contributed by atoms with Crippen molar-refractivity contribution >= 4 is 23.2 Å². The van der Waals surface area contributed by atoms with Crippen molar-refractivity contribution in [2.45, 2.75) is 12.8 Å². The fourth-order valence-corrected chi connectivity index (χ4v) is 1.75. The zero-order valence-electron chi connectivity index (χ0n) is 7.46. The van der Waals surface area contributed by atoms with Crippen LogP contribution in [0.25, 0.3) is 0 Å². The molecule has 4 heteroatoms. The molecular weight excluding hydrogens is 223 g/mol. The molecule has 2 rings (SSSR count). The molecule has 0 aliphatic heterocycles. The van der Waals surface area contributed by atoms with Crippen LogP contribution in [-0.4, -0.2) is 11.7 Å². The zero-order valence-corrected chi connectivity index (χ0v) is 8.98. The molecule has 14 heavy (non-hydrogen) atoms. The molecule has 0 saturated heterocycles. The minimum atomic E-state index is 0.0544. The molecule has 1 saturated carbocycles. The Labute approximate surface area is 92.4 Å². The van der Waals surface area contributed by atoms with E-state index in [1.54, 1.807) is 0 Å². The van der Waals surface area contributed by atoms with E-state index in [2.05, 4.69) is 0 Å². The van der Waals surface area contributed by atoms with E-state index in [9.17, 15) is 5.11 Å². The SMILES string of the molecule is Oc1cc(Cl)c(OCC2CC2)c(Cl)c1. The van der Waals surface area contributed by atoms with Crippen LogP contribution >= 0.6 is 23.2 Å². The maximum atomic E-state index is 9.18. The standard InChI is InChI=1S/C10H10Cl2O2/c11-8-3-7(13)4-9(12)10(8)14-5-6-1-2-6/h3-4,6,13H,1-2,5H2. The number of rotatable bonds is 3. The fourth-order valence-electron chi connectivity index (χ4n) is 1.17. The Balaban J connectivity index is 2.13. The van der Waals surface area contributed by atoms with Crippen molar-refractivity contribution in [1.82, 2.24) is 0 Å². The Morgan fingerprint density at radius 2 is 1.86 bits per heavy atom. The second-order valence-corrected chi connectivity index (χ2v) is 4.31. The highest BCUT2D eigenvalue weighted by Gasteiger charge is 2.23. The van der Waals surface area contributed by atoms with Gasteiger partial charge in [-0.05, 0) is 18.8 Å². The Kier molecular flexibility index (Phi) is 2.75. The summed E-state index contributed by atoms with van der Waals surface area (Å²) in [6.45, 7) is 0.657. The lowest BCUT2D eigenvalue weighted by molar-refractivity contribution is 0.299. The van der Waals surface area contributed by atoms with E-state index >= 15 is 0 Å². The number of phenols is 1. The number of halogens is 2. The highest BCUT2D eigenvalue weighted by molar-refractivity contribution is 6.37. The summed E-state index contributed by atoms with van der Waals surface area (Å²) in [5, 5.41) is 9.90. The lowest BCUT2D eigenvalue weighted by atomic mass is 10.3.